The summed E-state index contributed by atoms with van der Waals surface area (Å²) in [6, 6.07) is 24.5. The molecule has 4 fully saturated rings. The summed E-state index contributed by atoms with van der Waals surface area (Å²) in [6.45, 7) is 4.94. The predicted octanol–water partition coefficient (Wildman–Crippen LogP) is 3.26. The summed E-state index contributed by atoms with van der Waals surface area (Å²) in [6.07, 6.45) is -0.241. The molecule has 2 amide bonds. The number of hydroxylamine groups is 2. The van der Waals surface area contributed by atoms with E-state index in [1.165, 1.54) is 11.3 Å². The highest BCUT2D eigenvalue weighted by atomic mass is 16.8. The second kappa shape index (κ2) is 18.2. The van der Waals surface area contributed by atoms with Gasteiger partial charge in [-0.2, -0.15) is 5.06 Å². The molecule has 3 saturated heterocycles. The van der Waals surface area contributed by atoms with Crippen LogP contribution in [0.25, 0.3) is 6.08 Å². The Kier molecular flexibility index (Phi) is 13.0. The topological polar surface area (TPSA) is 191 Å². The van der Waals surface area contributed by atoms with Crippen LogP contribution in [0.1, 0.15) is 68.7 Å². The first-order chi connectivity index (χ1) is 28.9. The summed E-state index contributed by atoms with van der Waals surface area (Å²) >= 11 is 0. The van der Waals surface area contributed by atoms with Crippen LogP contribution in [0.5, 0.6) is 0 Å². The molecule has 3 aliphatic heterocycles. The van der Waals surface area contributed by atoms with Crippen LogP contribution in [0.2, 0.25) is 0 Å². The summed E-state index contributed by atoms with van der Waals surface area (Å²) < 4.78 is 30.7. The van der Waals surface area contributed by atoms with Crippen molar-refractivity contribution in [3.63, 3.8) is 0 Å². The van der Waals surface area contributed by atoms with Gasteiger partial charge in [-0.05, 0) is 44.4 Å². The van der Waals surface area contributed by atoms with Gasteiger partial charge in [0.1, 0.15) is 42.0 Å². The van der Waals surface area contributed by atoms with E-state index < -0.39 is 83.7 Å². The largest absolute Gasteiger partial charge is 0.499 e. The second-order valence-corrected chi connectivity index (χ2v) is 16.5. The van der Waals surface area contributed by atoms with Crippen molar-refractivity contribution in [2.75, 3.05) is 26.4 Å². The van der Waals surface area contributed by atoms with Gasteiger partial charge in [-0.3, -0.25) is 24.0 Å². The van der Waals surface area contributed by atoms with E-state index in [-0.39, 0.29) is 52.0 Å². The maximum absolute atomic E-state index is 14.8. The minimum absolute atomic E-state index is 0.00237. The van der Waals surface area contributed by atoms with E-state index in [0.717, 1.165) is 11.1 Å². The molecule has 4 aliphatic rings. The number of nitrogens with zero attached hydrogens (tertiary/aromatic N) is 1. The Labute approximate surface area is 348 Å². The number of carbonyl (C=O) groups is 4. The van der Waals surface area contributed by atoms with Gasteiger partial charge in [-0.1, -0.05) is 84.9 Å². The van der Waals surface area contributed by atoms with Gasteiger partial charge in [0, 0.05) is 36.9 Å². The van der Waals surface area contributed by atoms with E-state index in [9.17, 15) is 24.3 Å². The first kappa shape index (κ1) is 42.9. The molecule has 3 aromatic rings. The third kappa shape index (κ3) is 8.97. The molecule has 15 nitrogen and oxygen atoms in total. The maximum atomic E-state index is 14.8. The number of rotatable bonds is 17. The lowest BCUT2D eigenvalue weighted by Crippen LogP contribution is -2.69. The molecule has 3 heterocycles. The zero-order chi connectivity index (χ0) is 42.5. The zero-order valence-corrected chi connectivity index (χ0v) is 34.0. The second-order valence-electron chi connectivity index (χ2n) is 16.5. The van der Waals surface area contributed by atoms with E-state index in [4.69, 9.17) is 33.6 Å². The molecule has 7 rings (SSSR count). The van der Waals surface area contributed by atoms with Crippen LogP contribution in [0.15, 0.2) is 91.2 Å². The molecule has 60 heavy (non-hydrogen) atoms. The molecular weight excluding hydrogens is 775 g/mol. The van der Waals surface area contributed by atoms with Gasteiger partial charge in [-0.15, -0.1) is 0 Å². The lowest BCUT2D eigenvalue weighted by atomic mass is 9.62. The van der Waals surface area contributed by atoms with Gasteiger partial charge in [0.05, 0.1) is 32.1 Å². The van der Waals surface area contributed by atoms with E-state index >= 15 is 0 Å². The van der Waals surface area contributed by atoms with E-state index in [0.29, 0.717) is 11.1 Å². The number of ether oxygens (including phenoxy) is 5. The van der Waals surface area contributed by atoms with Crippen LogP contribution in [0.3, 0.4) is 0 Å². The van der Waals surface area contributed by atoms with E-state index in [1.807, 2.05) is 84.9 Å². The standard InChI is InChI=1S/C45H53N3O12/c1-43(2,3)57-36(52)18-17-33(28-50)47-35(51)19-21-46-42(54)44-26-34-37-38(59-45(58-37,31-13-6-4-7-14-31)32-15-8-5-9-16-32)40(44)60-48(39(44)41(53)56-34)27-30-12-10-11-29(25-30)20-23-55-24-22-49/h4-16,20,23,25,33-34,37-40,49-50H,17-19,21-22,24,26-28H2,1-3H3,(H,46,54)(H,47,51). The van der Waals surface area contributed by atoms with Crippen LogP contribution in [-0.4, -0.2) is 107 Å². The Bertz CT molecular complexity index is 1980. The van der Waals surface area contributed by atoms with Crippen LogP contribution in [0, 0.1) is 5.41 Å². The van der Waals surface area contributed by atoms with Crippen molar-refractivity contribution in [1.29, 1.82) is 0 Å². The smallest absolute Gasteiger partial charge is 0.327 e. The monoisotopic (exact) mass is 827 g/mol. The first-order valence-electron chi connectivity index (χ1n) is 20.4. The Morgan fingerprint density at radius 1 is 0.950 bits per heavy atom. The maximum Gasteiger partial charge on any atom is 0.327 e. The van der Waals surface area contributed by atoms with Crippen molar-refractivity contribution in [2.45, 2.75) is 101 Å². The normalized spacial score (nSPS) is 25.9. The van der Waals surface area contributed by atoms with Crippen molar-refractivity contribution in [3.05, 3.63) is 113 Å². The van der Waals surface area contributed by atoms with Gasteiger partial charge in [0.2, 0.25) is 17.6 Å². The van der Waals surface area contributed by atoms with Gasteiger partial charge in [-0.25, -0.2) is 0 Å². The third-order valence-corrected chi connectivity index (χ3v) is 11.1. The lowest BCUT2D eigenvalue weighted by molar-refractivity contribution is -0.213. The fourth-order valence-corrected chi connectivity index (χ4v) is 8.56. The number of benzene rings is 3. The molecule has 0 aromatic heterocycles. The Morgan fingerprint density at radius 3 is 2.32 bits per heavy atom. The summed E-state index contributed by atoms with van der Waals surface area (Å²) in [5.74, 6) is -3.46. The molecule has 1 saturated carbocycles. The molecule has 0 radical (unpaired) electrons. The summed E-state index contributed by atoms with van der Waals surface area (Å²) in [4.78, 5) is 61.1. The van der Waals surface area contributed by atoms with E-state index in [1.54, 1.807) is 26.8 Å². The molecule has 2 bridgehead atoms. The van der Waals surface area contributed by atoms with Crippen molar-refractivity contribution >= 4 is 29.8 Å². The number of hydrogen-bond donors (Lipinski definition) is 4. The molecule has 1 aliphatic carbocycles. The first-order valence-corrected chi connectivity index (χ1v) is 20.4. The SMILES string of the molecule is CC(C)(C)OC(=O)CCC(CO)NC(=O)CCNC(=O)C12CC3OC(=O)C1N(Cc1cccc(C=COCCO)c1)OC2C1OC(c2ccccc2)(c2ccccc2)OC31. The fourth-order valence-electron chi connectivity index (χ4n) is 8.56. The average molecular weight is 828 g/mol. The fraction of sp³-hybridized carbons (Fsp3) is 0.467. The molecule has 15 heteroatoms. The minimum Gasteiger partial charge on any atom is -0.499 e. The summed E-state index contributed by atoms with van der Waals surface area (Å²) in [5, 5.41) is 26.1. The third-order valence-electron chi connectivity index (χ3n) is 11.1. The molecule has 4 N–H and O–H groups in total. The van der Waals surface area contributed by atoms with Gasteiger partial charge in [0.15, 0.2) is 6.04 Å². The number of fused-ring (bicyclic) bond motifs is 4. The van der Waals surface area contributed by atoms with Crippen LogP contribution >= 0.6 is 0 Å². The number of aliphatic hydroxyl groups excluding tert-OH is 2. The number of hydrogen-bond acceptors (Lipinski definition) is 13. The highest BCUT2D eigenvalue weighted by Gasteiger charge is 2.76. The Balaban J connectivity index is 1.14. The summed E-state index contributed by atoms with van der Waals surface area (Å²) in [7, 11) is 0. The summed E-state index contributed by atoms with van der Waals surface area (Å²) in [5.41, 5.74) is 0.821. The lowest BCUT2D eigenvalue weighted by Gasteiger charge is -2.48. The molecule has 7 atom stereocenters. The highest BCUT2D eigenvalue weighted by Crippen LogP contribution is 2.59. The number of nitrogens with one attached hydrogen (secondary N) is 2. The van der Waals surface area contributed by atoms with Crippen LogP contribution < -0.4 is 10.6 Å². The zero-order valence-electron chi connectivity index (χ0n) is 34.0. The van der Waals surface area contributed by atoms with Gasteiger partial charge in [0.25, 0.3) is 0 Å². The van der Waals surface area contributed by atoms with E-state index in [2.05, 4.69) is 10.6 Å². The minimum atomic E-state index is -1.51. The average Bonchev–Trinajstić information content (AvgIpc) is 3.81. The van der Waals surface area contributed by atoms with Gasteiger partial charge >= 0.3 is 11.9 Å². The Hall–Kier alpha value is -5.16. The van der Waals surface area contributed by atoms with Crippen LogP contribution in [-0.2, 0) is 60.0 Å². The Morgan fingerprint density at radius 2 is 1.65 bits per heavy atom. The van der Waals surface area contributed by atoms with Crippen molar-refractivity contribution in [2.24, 2.45) is 5.41 Å². The van der Waals surface area contributed by atoms with Crippen molar-refractivity contribution in [3.8, 4) is 0 Å². The van der Waals surface area contributed by atoms with Crippen LogP contribution in [0.4, 0.5) is 0 Å². The molecule has 0 spiro atoms. The predicted molar refractivity (Wildman–Crippen MR) is 215 cm³/mol. The van der Waals surface area contributed by atoms with Crippen molar-refractivity contribution in [1.82, 2.24) is 15.7 Å². The quantitative estimate of drug-likeness (QED) is 0.0883. The highest BCUT2D eigenvalue weighted by molar-refractivity contribution is 5.94. The number of amides is 2. The number of esters is 2. The molecule has 320 valence electrons. The molecule has 7 unspecified atom stereocenters. The van der Waals surface area contributed by atoms with Gasteiger partial charge < -0.3 is 44.5 Å². The number of aliphatic hydroxyl groups is 2. The molecule has 3 aromatic carbocycles. The number of carbonyl (C=O) groups excluding carboxylic acids is 4. The van der Waals surface area contributed by atoms with Crippen molar-refractivity contribution < 1.29 is 57.9 Å². The molecular formula is C45H53N3O12.